The van der Waals surface area contributed by atoms with Crippen molar-refractivity contribution in [3.63, 3.8) is 0 Å². The summed E-state index contributed by atoms with van der Waals surface area (Å²) in [6.45, 7) is 0. The highest BCUT2D eigenvalue weighted by atomic mass is 35.5. The van der Waals surface area contributed by atoms with Gasteiger partial charge in [0.25, 0.3) is 5.69 Å². The number of nitro groups is 1. The monoisotopic (exact) mass is 224 g/mol. The van der Waals surface area contributed by atoms with E-state index in [1.54, 1.807) is 0 Å². The summed E-state index contributed by atoms with van der Waals surface area (Å²) in [7, 11) is 0. The molecule has 0 fully saturated rings. The molecule has 0 unspecified atom stereocenters. The fourth-order valence-corrected chi connectivity index (χ4v) is 1.40. The van der Waals surface area contributed by atoms with Gasteiger partial charge in [-0.05, 0) is 6.07 Å². The Hall–Kier alpha value is -1.88. The summed E-state index contributed by atoms with van der Waals surface area (Å²) >= 11 is 5.86. The maximum atomic E-state index is 10.5. The van der Waals surface area contributed by atoms with E-state index in [0.717, 1.165) is 0 Å². The Morgan fingerprint density at radius 1 is 1.47 bits per heavy atom. The normalized spacial score (nSPS) is 10.2. The van der Waals surface area contributed by atoms with Crippen LogP contribution in [0, 0.1) is 10.1 Å². The quantitative estimate of drug-likeness (QED) is 0.581. The Balaban J connectivity index is 2.48. The summed E-state index contributed by atoms with van der Waals surface area (Å²) in [6.07, 6.45) is 2.89. The predicted molar refractivity (Wildman–Crippen MR) is 53.6 cm³/mol. The first-order valence-electron chi connectivity index (χ1n) is 4.02. The van der Waals surface area contributed by atoms with Crippen molar-refractivity contribution in [3.8, 4) is 11.5 Å². The number of nitro benzene ring substituents is 1. The van der Waals surface area contributed by atoms with Crippen LogP contribution in [0.1, 0.15) is 0 Å². The summed E-state index contributed by atoms with van der Waals surface area (Å²) in [5.74, 6) is 0.342. The van der Waals surface area contributed by atoms with E-state index in [1.165, 1.54) is 30.7 Å². The zero-order valence-electron chi connectivity index (χ0n) is 7.38. The lowest BCUT2D eigenvalue weighted by Crippen LogP contribution is -1.88. The van der Waals surface area contributed by atoms with Gasteiger partial charge in [0.05, 0.1) is 21.7 Å². The Kier molecular flexibility index (Phi) is 2.39. The summed E-state index contributed by atoms with van der Waals surface area (Å²) in [5.41, 5.74) is 0.475. The van der Waals surface area contributed by atoms with Crippen molar-refractivity contribution in [2.45, 2.75) is 0 Å². The first-order chi connectivity index (χ1) is 7.18. The highest BCUT2D eigenvalue weighted by Gasteiger charge is 2.12. The number of rotatable bonds is 2. The summed E-state index contributed by atoms with van der Waals surface area (Å²) in [4.78, 5) is 13.9. The van der Waals surface area contributed by atoms with Gasteiger partial charge in [0, 0.05) is 12.1 Å². The van der Waals surface area contributed by atoms with Crippen LogP contribution in [-0.2, 0) is 0 Å². The van der Waals surface area contributed by atoms with Gasteiger partial charge in [-0.25, -0.2) is 4.98 Å². The molecular weight excluding hydrogens is 220 g/mol. The van der Waals surface area contributed by atoms with Crippen LogP contribution in [0.25, 0.3) is 11.5 Å². The number of non-ortho nitro benzene ring substituents is 1. The standard InChI is InChI=1S/C9H5ClN2O3/c10-8-5-6(12(13)14)1-2-7(8)9-11-3-4-15-9/h1-5H. The van der Waals surface area contributed by atoms with Crippen molar-refractivity contribution in [3.05, 3.63) is 45.8 Å². The van der Waals surface area contributed by atoms with E-state index in [-0.39, 0.29) is 10.7 Å². The van der Waals surface area contributed by atoms with Gasteiger partial charge in [0.1, 0.15) is 6.26 Å². The molecule has 0 saturated carbocycles. The Labute approximate surface area is 89.5 Å². The van der Waals surface area contributed by atoms with Crippen LogP contribution in [0.15, 0.2) is 35.1 Å². The molecule has 6 heteroatoms. The number of halogens is 1. The minimum absolute atomic E-state index is 0.0599. The van der Waals surface area contributed by atoms with Crippen molar-refractivity contribution in [2.24, 2.45) is 0 Å². The molecule has 1 aromatic heterocycles. The molecule has 0 N–H and O–H groups in total. The Morgan fingerprint density at radius 3 is 2.80 bits per heavy atom. The SMILES string of the molecule is O=[N+]([O-])c1ccc(-c2ncco2)c(Cl)c1. The third kappa shape index (κ3) is 1.82. The largest absolute Gasteiger partial charge is 0.444 e. The van der Waals surface area contributed by atoms with Gasteiger partial charge >= 0.3 is 0 Å². The van der Waals surface area contributed by atoms with E-state index in [2.05, 4.69) is 4.98 Å². The van der Waals surface area contributed by atoms with Crippen LogP contribution in [0.5, 0.6) is 0 Å². The van der Waals surface area contributed by atoms with E-state index in [0.29, 0.717) is 11.5 Å². The molecule has 5 nitrogen and oxygen atoms in total. The molecule has 1 heterocycles. The second-order valence-electron chi connectivity index (χ2n) is 2.76. The van der Waals surface area contributed by atoms with Crippen molar-refractivity contribution in [1.29, 1.82) is 0 Å². The highest BCUT2D eigenvalue weighted by Crippen LogP contribution is 2.29. The molecule has 2 aromatic rings. The molecule has 1 aromatic carbocycles. The topological polar surface area (TPSA) is 69.2 Å². The van der Waals surface area contributed by atoms with Crippen molar-refractivity contribution < 1.29 is 9.34 Å². The van der Waals surface area contributed by atoms with Crippen molar-refractivity contribution in [1.82, 2.24) is 4.98 Å². The number of oxazole rings is 1. The summed E-state index contributed by atoms with van der Waals surface area (Å²) in [6, 6.07) is 4.12. The predicted octanol–water partition coefficient (Wildman–Crippen LogP) is 2.90. The average Bonchev–Trinajstić information content (AvgIpc) is 2.70. The smallest absolute Gasteiger partial charge is 0.270 e. The lowest BCUT2D eigenvalue weighted by molar-refractivity contribution is -0.384. The van der Waals surface area contributed by atoms with Gasteiger partial charge in [-0.3, -0.25) is 10.1 Å². The van der Waals surface area contributed by atoms with E-state index in [4.69, 9.17) is 16.0 Å². The second kappa shape index (κ2) is 3.70. The van der Waals surface area contributed by atoms with Crippen molar-refractivity contribution >= 4 is 17.3 Å². The van der Waals surface area contributed by atoms with Gasteiger partial charge < -0.3 is 4.42 Å². The molecule has 0 saturated heterocycles. The maximum Gasteiger partial charge on any atom is 0.270 e. The lowest BCUT2D eigenvalue weighted by Gasteiger charge is -1.98. The number of benzene rings is 1. The van der Waals surface area contributed by atoms with E-state index >= 15 is 0 Å². The Morgan fingerprint density at radius 2 is 2.27 bits per heavy atom. The van der Waals surface area contributed by atoms with E-state index in [1.807, 2.05) is 0 Å². The fraction of sp³-hybridized carbons (Fsp3) is 0. The van der Waals surface area contributed by atoms with Crippen LogP contribution in [-0.4, -0.2) is 9.91 Å². The molecule has 0 bridgehead atoms. The fourth-order valence-electron chi connectivity index (χ4n) is 1.15. The summed E-state index contributed by atoms with van der Waals surface area (Å²) < 4.78 is 5.04. The van der Waals surface area contributed by atoms with Gasteiger partial charge in [-0.1, -0.05) is 11.6 Å². The molecule has 0 atom stereocenters. The van der Waals surface area contributed by atoms with Gasteiger partial charge in [-0.15, -0.1) is 0 Å². The number of nitrogens with zero attached hydrogens (tertiary/aromatic N) is 2. The summed E-state index contributed by atoms with van der Waals surface area (Å²) in [5, 5.41) is 10.7. The van der Waals surface area contributed by atoms with E-state index in [9.17, 15) is 10.1 Å². The highest BCUT2D eigenvalue weighted by molar-refractivity contribution is 6.33. The van der Waals surface area contributed by atoms with Crippen LogP contribution >= 0.6 is 11.6 Å². The minimum Gasteiger partial charge on any atom is -0.444 e. The molecule has 0 aliphatic rings. The molecule has 76 valence electrons. The van der Waals surface area contributed by atoms with Gasteiger partial charge in [-0.2, -0.15) is 0 Å². The third-order valence-corrected chi connectivity index (χ3v) is 2.14. The molecule has 15 heavy (non-hydrogen) atoms. The molecule has 0 aliphatic heterocycles. The molecule has 0 spiro atoms. The van der Waals surface area contributed by atoms with Crippen LogP contribution in [0.3, 0.4) is 0 Å². The van der Waals surface area contributed by atoms with Crippen LogP contribution in [0.4, 0.5) is 5.69 Å². The second-order valence-corrected chi connectivity index (χ2v) is 3.17. The first kappa shape index (κ1) is 9.67. The zero-order chi connectivity index (χ0) is 10.8. The zero-order valence-corrected chi connectivity index (χ0v) is 8.14. The lowest BCUT2D eigenvalue weighted by atomic mass is 10.2. The van der Waals surface area contributed by atoms with Crippen LogP contribution in [0.2, 0.25) is 5.02 Å². The molecule has 0 amide bonds. The molecule has 0 aliphatic carbocycles. The minimum atomic E-state index is -0.509. The average molecular weight is 225 g/mol. The number of hydrogen-bond donors (Lipinski definition) is 0. The maximum absolute atomic E-state index is 10.5. The number of aromatic nitrogens is 1. The number of hydrogen-bond acceptors (Lipinski definition) is 4. The van der Waals surface area contributed by atoms with Crippen molar-refractivity contribution in [2.75, 3.05) is 0 Å². The Bertz CT molecular complexity index is 496. The van der Waals surface area contributed by atoms with Crippen LogP contribution < -0.4 is 0 Å². The molecule has 2 rings (SSSR count). The third-order valence-electron chi connectivity index (χ3n) is 1.83. The molecule has 0 radical (unpaired) electrons. The molecular formula is C9H5ClN2O3. The van der Waals surface area contributed by atoms with Gasteiger partial charge in [0.2, 0.25) is 5.89 Å². The van der Waals surface area contributed by atoms with Gasteiger partial charge in [0.15, 0.2) is 0 Å². The van der Waals surface area contributed by atoms with E-state index < -0.39 is 4.92 Å². The first-order valence-corrected chi connectivity index (χ1v) is 4.40.